The standard InChI is InChI=1S/C14H18N2O3/c1-18-13-2-3-15-6-12(13)14(17)9-4-10-7-19-8-11(5-9)16-10/h2-3,6,9-11,16H,4-5,7-8H2,1H3. The molecule has 2 bridgehead atoms. The number of piperidine rings is 1. The van der Waals surface area contributed by atoms with Crippen LogP contribution in [0.2, 0.25) is 0 Å². The lowest BCUT2D eigenvalue weighted by Gasteiger charge is -2.39. The van der Waals surface area contributed by atoms with E-state index in [1.807, 2.05) is 0 Å². The number of carbonyl (C=O) groups is 1. The van der Waals surface area contributed by atoms with Crippen molar-refractivity contribution >= 4 is 5.78 Å². The molecule has 2 unspecified atom stereocenters. The van der Waals surface area contributed by atoms with Crippen molar-refractivity contribution in [1.82, 2.24) is 10.3 Å². The molecule has 0 saturated carbocycles. The fourth-order valence-electron chi connectivity index (χ4n) is 3.02. The molecular formula is C14H18N2O3. The smallest absolute Gasteiger partial charge is 0.171 e. The number of hydrogen-bond donors (Lipinski definition) is 1. The molecule has 0 amide bonds. The highest BCUT2D eigenvalue weighted by molar-refractivity contribution is 6.00. The minimum atomic E-state index is 0.0400. The second kappa shape index (κ2) is 5.27. The van der Waals surface area contributed by atoms with Crippen LogP contribution in [0.25, 0.3) is 0 Å². The van der Waals surface area contributed by atoms with Gasteiger partial charge in [-0.25, -0.2) is 0 Å². The normalized spacial score (nSPS) is 29.8. The predicted molar refractivity (Wildman–Crippen MR) is 69.4 cm³/mol. The maximum absolute atomic E-state index is 12.6. The van der Waals surface area contributed by atoms with Gasteiger partial charge in [-0.1, -0.05) is 0 Å². The van der Waals surface area contributed by atoms with Crippen molar-refractivity contribution in [1.29, 1.82) is 0 Å². The number of rotatable bonds is 3. The van der Waals surface area contributed by atoms with Crippen molar-refractivity contribution < 1.29 is 14.3 Å². The highest BCUT2D eigenvalue weighted by Crippen LogP contribution is 2.29. The van der Waals surface area contributed by atoms with Crippen molar-refractivity contribution in [3.8, 4) is 5.75 Å². The number of ether oxygens (including phenoxy) is 2. The number of hydrogen-bond acceptors (Lipinski definition) is 5. The van der Waals surface area contributed by atoms with Crippen molar-refractivity contribution in [2.24, 2.45) is 5.92 Å². The zero-order valence-corrected chi connectivity index (χ0v) is 11.0. The Bertz CT molecular complexity index is 466. The Morgan fingerprint density at radius 3 is 2.84 bits per heavy atom. The highest BCUT2D eigenvalue weighted by Gasteiger charge is 2.36. The highest BCUT2D eigenvalue weighted by atomic mass is 16.5. The van der Waals surface area contributed by atoms with Crippen molar-refractivity contribution in [3.63, 3.8) is 0 Å². The van der Waals surface area contributed by atoms with Gasteiger partial charge in [-0.3, -0.25) is 9.78 Å². The van der Waals surface area contributed by atoms with Gasteiger partial charge in [0.1, 0.15) is 5.75 Å². The molecule has 0 aliphatic carbocycles. The Hall–Kier alpha value is -1.46. The second-order valence-electron chi connectivity index (χ2n) is 5.21. The predicted octanol–water partition coefficient (Wildman–Crippen LogP) is 1.04. The van der Waals surface area contributed by atoms with E-state index in [4.69, 9.17) is 9.47 Å². The molecule has 3 heterocycles. The summed E-state index contributed by atoms with van der Waals surface area (Å²) in [7, 11) is 1.58. The van der Waals surface area contributed by atoms with Crippen LogP contribution >= 0.6 is 0 Å². The molecule has 0 spiro atoms. The van der Waals surface area contributed by atoms with Gasteiger partial charge in [-0.2, -0.15) is 0 Å². The number of nitrogens with zero attached hydrogens (tertiary/aromatic N) is 1. The van der Waals surface area contributed by atoms with Gasteiger partial charge in [0.25, 0.3) is 0 Å². The van der Waals surface area contributed by atoms with E-state index < -0.39 is 0 Å². The van der Waals surface area contributed by atoms with Crippen molar-refractivity contribution in [2.45, 2.75) is 24.9 Å². The molecule has 19 heavy (non-hydrogen) atoms. The van der Waals surface area contributed by atoms with Crippen LogP contribution in [0, 0.1) is 5.92 Å². The second-order valence-corrected chi connectivity index (χ2v) is 5.21. The van der Waals surface area contributed by atoms with E-state index in [1.54, 1.807) is 25.6 Å². The summed E-state index contributed by atoms with van der Waals surface area (Å²) in [6.45, 7) is 1.40. The topological polar surface area (TPSA) is 60.5 Å². The Morgan fingerprint density at radius 2 is 2.16 bits per heavy atom. The summed E-state index contributed by atoms with van der Waals surface area (Å²) < 4.78 is 10.8. The van der Waals surface area contributed by atoms with Crippen LogP contribution in [0.1, 0.15) is 23.2 Å². The number of methoxy groups -OCH3 is 1. The third kappa shape index (κ3) is 2.48. The zero-order chi connectivity index (χ0) is 13.2. The van der Waals surface area contributed by atoms with Gasteiger partial charge in [-0.15, -0.1) is 0 Å². The first-order chi connectivity index (χ1) is 9.28. The lowest BCUT2D eigenvalue weighted by molar-refractivity contribution is 0.00947. The summed E-state index contributed by atoms with van der Waals surface area (Å²) in [5.74, 6) is 0.793. The van der Waals surface area contributed by atoms with Crippen LogP contribution in [0.4, 0.5) is 0 Å². The number of carbonyl (C=O) groups excluding carboxylic acids is 1. The Kier molecular flexibility index (Phi) is 3.48. The van der Waals surface area contributed by atoms with Gasteiger partial charge in [0.15, 0.2) is 5.78 Å². The maximum Gasteiger partial charge on any atom is 0.171 e. The molecule has 5 heteroatoms. The van der Waals surface area contributed by atoms with Crippen LogP contribution in [0.15, 0.2) is 18.5 Å². The molecule has 1 N–H and O–H groups in total. The number of pyridine rings is 1. The molecule has 102 valence electrons. The third-order valence-corrected chi connectivity index (χ3v) is 3.88. The lowest BCUT2D eigenvalue weighted by atomic mass is 9.82. The quantitative estimate of drug-likeness (QED) is 0.825. The molecule has 2 atom stereocenters. The largest absolute Gasteiger partial charge is 0.496 e. The number of ketones is 1. The van der Waals surface area contributed by atoms with Crippen LogP contribution < -0.4 is 10.1 Å². The monoisotopic (exact) mass is 262 g/mol. The fraction of sp³-hybridized carbons (Fsp3) is 0.571. The molecule has 2 aliphatic rings. The van der Waals surface area contributed by atoms with E-state index in [1.165, 1.54) is 0 Å². The first-order valence-electron chi connectivity index (χ1n) is 6.64. The number of nitrogens with one attached hydrogen (secondary N) is 1. The maximum atomic E-state index is 12.6. The zero-order valence-electron chi connectivity index (χ0n) is 11.0. The van der Waals surface area contributed by atoms with E-state index in [9.17, 15) is 4.79 Å². The molecule has 2 fully saturated rings. The lowest BCUT2D eigenvalue weighted by Crippen LogP contribution is -2.55. The van der Waals surface area contributed by atoms with E-state index in [-0.39, 0.29) is 11.7 Å². The number of morpholine rings is 1. The van der Waals surface area contributed by atoms with Gasteiger partial charge in [0, 0.05) is 30.4 Å². The van der Waals surface area contributed by atoms with Gasteiger partial charge in [0.05, 0.1) is 25.9 Å². The van der Waals surface area contributed by atoms with Gasteiger partial charge >= 0.3 is 0 Å². The van der Waals surface area contributed by atoms with Crippen molar-refractivity contribution in [2.75, 3.05) is 20.3 Å². The first-order valence-corrected chi connectivity index (χ1v) is 6.64. The summed E-state index contributed by atoms with van der Waals surface area (Å²) in [6, 6.07) is 2.33. The minimum Gasteiger partial charge on any atom is -0.496 e. The van der Waals surface area contributed by atoms with Crippen molar-refractivity contribution in [3.05, 3.63) is 24.0 Å². The molecule has 0 aromatic carbocycles. The number of Topliss-reactive ketones (excluding diaryl/α,β-unsaturated/α-hetero) is 1. The Labute approximate surface area is 112 Å². The van der Waals surface area contributed by atoms with E-state index in [2.05, 4.69) is 10.3 Å². The summed E-state index contributed by atoms with van der Waals surface area (Å²) in [6.07, 6.45) is 4.90. The Balaban J connectivity index is 1.80. The molecule has 0 radical (unpaired) electrons. The molecule has 2 aliphatic heterocycles. The van der Waals surface area contributed by atoms with Gasteiger partial charge < -0.3 is 14.8 Å². The molecule has 3 rings (SSSR count). The molecule has 2 saturated heterocycles. The average Bonchev–Trinajstić information content (AvgIpc) is 2.46. The van der Waals surface area contributed by atoms with Crippen LogP contribution in [-0.2, 0) is 4.74 Å². The average molecular weight is 262 g/mol. The summed E-state index contributed by atoms with van der Waals surface area (Å²) >= 11 is 0. The van der Waals surface area contributed by atoms with E-state index >= 15 is 0 Å². The van der Waals surface area contributed by atoms with Crippen LogP contribution in [0.3, 0.4) is 0 Å². The third-order valence-electron chi connectivity index (χ3n) is 3.88. The molecule has 5 nitrogen and oxygen atoms in total. The molecule has 1 aromatic rings. The SMILES string of the molecule is COc1ccncc1C(=O)C1CC2COCC(C1)N2. The summed E-state index contributed by atoms with van der Waals surface area (Å²) in [5, 5.41) is 3.49. The van der Waals surface area contributed by atoms with Crippen LogP contribution in [0.5, 0.6) is 5.75 Å². The van der Waals surface area contributed by atoms with Gasteiger partial charge in [0.2, 0.25) is 0 Å². The number of aromatic nitrogens is 1. The fourth-order valence-corrected chi connectivity index (χ4v) is 3.02. The van der Waals surface area contributed by atoms with Crippen LogP contribution in [-0.4, -0.2) is 43.2 Å². The van der Waals surface area contributed by atoms with E-state index in [0.29, 0.717) is 36.6 Å². The first kappa shape index (κ1) is 12.6. The summed E-state index contributed by atoms with van der Waals surface area (Å²) in [5.41, 5.74) is 0.593. The minimum absolute atomic E-state index is 0.0400. The number of fused-ring (bicyclic) bond motifs is 2. The molecular weight excluding hydrogens is 244 g/mol. The molecule has 1 aromatic heterocycles. The Morgan fingerprint density at radius 1 is 1.42 bits per heavy atom. The summed E-state index contributed by atoms with van der Waals surface area (Å²) in [4.78, 5) is 16.7. The van der Waals surface area contributed by atoms with E-state index in [0.717, 1.165) is 12.8 Å². The van der Waals surface area contributed by atoms with Gasteiger partial charge in [-0.05, 0) is 18.9 Å².